The first-order valence-electron chi connectivity index (χ1n) is 8.47. The summed E-state index contributed by atoms with van der Waals surface area (Å²) in [5.74, 6) is 0.426. The number of nitrogens with zero attached hydrogens (tertiary/aromatic N) is 2. The van der Waals surface area contributed by atoms with Gasteiger partial charge in [-0.25, -0.2) is 0 Å². The van der Waals surface area contributed by atoms with E-state index in [1.165, 1.54) is 45.4 Å². The van der Waals surface area contributed by atoms with Crippen molar-refractivity contribution in [2.75, 3.05) is 12.3 Å². The monoisotopic (exact) mass is 377 g/mol. The van der Waals surface area contributed by atoms with Crippen molar-refractivity contribution in [1.82, 2.24) is 15.5 Å². The van der Waals surface area contributed by atoms with Gasteiger partial charge >= 0.3 is 0 Å². The van der Waals surface area contributed by atoms with Crippen LogP contribution < -0.4 is 5.32 Å². The maximum atomic E-state index is 12.0. The van der Waals surface area contributed by atoms with E-state index in [0.717, 1.165) is 15.8 Å². The predicted molar refractivity (Wildman–Crippen MR) is 107 cm³/mol. The Morgan fingerprint density at radius 1 is 1.16 bits per heavy atom. The molecule has 0 aliphatic heterocycles. The molecule has 0 aliphatic carbocycles. The average molecular weight is 378 g/mol. The highest BCUT2D eigenvalue weighted by atomic mass is 32.2. The fourth-order valence-corrected chi connectivity index (χ4v) is 4.31. The molecule has 1 aromatic carbocycles. The number of aryl methyl sites for hydroxylation is 3. The van der Waals surface area contributed by atoms with Gasteiger partial charge in [0.1, 0.15) is 5.01 Å². The molecule has 2 aromatic rings. The van der Waals surface area contributed by atoms with Gasteiger partial charge in [-0.1, -0.05) is 56.0 Å². The fraction of sp³-hybridized carbons (Fsp3) is 0.526. The minimum absolute atomic E-state index is 0.0412. The topological polar surface area (TPSA) is 54.9 Å². The summed E-state index contributed by atoms with van der Waals surface area (Å²) in [6, 6.07) is 4.55. The van der Waals surface area contributed by atoms with Crippen LogP contribution in [0.15, 0.2) is 16.5 Å². The van der Waals surface area contributed by atoms with E-state index in [0.29, 0.717) is 12.3 Å². The Bertz CT molecular complexity index is 724. The molecule has 25 heavy (non-hydrogen) atoms. The first-order valence-corrected chi connectivity index (χ1v) is 10.3. The summed E-state index contributed by atoms with van der Waals surface area (Å²) in [6.45, 7) is 13.6. The van der Waals surface area contributed by atoms with Gasteiger partial charge < -0.3 is 5.32 Å². The molecule has 1 aromatic heterocycles. The molecule has 0 fully saturated rings. The van der Waals surface area contributed by atoms with Gasteiger partial charge in [-0.15, -0.1) is 10.2 Å². The molecule has 0 radical (unpaired) electrons. The summed E-state index contributed by atoms with van der Waals surface area (Å²) in [4.78, 5) is 12.0. The summed E-state index contributed by atoms with van der Waals surface area (Å²) in [5.41, 5.74) is 5.46. The standard InChI is InChI=1S/C19H27N3OS2/c1-12-9-15(19(4,5)6)10-13(2)16(12)7-8-20-17(23)11-24-18-22-21-14(3)25-18/h9-10H,7-8,11H2,1-6H3,(H,20,23). The van der Waals surface area contributed by atoms with Crippen molar-refractivity contribution in [2.24, 2.45) is 0 Å². The Morgan fingerprint density at radius 3 is 2.32 bits per heavy atom. The van der Waals surface area contributed by atoms with Gasteiger partial charge in [-0.2, -0.15) is 0 Å². The molecule has 0 saturated carbocycles. The molecule has 6 heteroatoms. The summed E-state index contributed by atoms with van der Waals surface area (Å²) in [7, 11) is 0. The number of rotatable bonds is 6. The van der Waals surface area contributed by atoms with Crippen LogP contribution in [-0.2, 0) is 16.6 Å². The van der Waals surface area contributed by atoms with Crippen LogP contribution in [0.2, 0.25) is 0 Å². The number of nitrogens with one attached hydrogen (secondary N) is 1. The van der Waals surface area contributed by atoms with Crippen LogP contribution in [0.3, 0.4) is 0 Å². The number of benzene rings is 1. The van der Waals surface area contributed by atoms with E-state index in [-0.39, 0.29) is 11.3 Å². The average Bonchev–Trinajstić information content (AvgIpc) is 2.92. The van der Waals surface area contributed by atoms with Crippen molar-refractivity contribution in [3.05, 3.63) is 39.4 Å². The van der Waals surface area contributed by atoms with Crippen molar-refractivity contribution in [3.63, 3.8) is 0 Å². The minimum Gasteiger partial charge on any atom is -0.355 e. The van der Waals surface area contributed by atoms with Crippen LogP contribution in [-0.4, -0.2) is 28.4 Å². The largest absolute Gasteiger partial charge is 0.355 e. The number of aromatic nitrogens is 2. The van der Waals surface area contributed by atoms with E-state index >= 15 is 0 Å². The number of thioether (sulfide) groups is 1. The van der Waals surface area contributed by atoms with Crippen LogP contribution in [0, 0.1) is 20.8 Å². The summed E-state index contributed by atoms with van der Waals surface area (Å²) < 4.78 is 0.845. The molecule has 4 nitrogen and oxygen atoms in total. The smallest absolute Gasteiger partial charge is 0.230 e. The zero-order valence-electron chi connectivity index (χ0n) is 15.9. The van der Waals surface area contributed by atoms with Crippen LogP contribution >= 0.6 is 23.1 Å². The molecule has 0 spiro atoms. The van der Waals surface area contributed by atoms with Crippen LogP contribution in [0.25, 0.3) is 0 Å². The van der Waals surface area contributed by atoms with E-state index in [4.69, 9.17) is 0 Å². The van der Waals surface area contributed by atoms with E-state index in [9.17, 15) is 4.79 Å². The highest BCUT2D eigenvalue weighted by molar-refractivity contribution is 8.01. The quantitative estimate of drug-likeness (QED) is 0.766. The van der Waals surface area contributed by atoms with E-state index in [1.54, 1.807) is 0 Å². The fourth-order valence-electron chi connectivity index (χ4n) is 2.66. The Hall–Kier alpha value is -1.40. The number of carbonyl (C=O) groups excluding carboxylic acids is 1. The van der Waals surface area contributed by atoms with Gasteiger partial charge in [0, 0.05) is 6.54 Å². The van der Waals surface area contributed by atoms with Gasteiger partial charge in [0.25, 0.3) is 0 Å². The van der Waals surface area contributed by atoms with Crippen molar-refractivity contribution in [2.45, 2.75) is 57.7 Å². The first kappa shape index (κ1) is 19.9. The number of carbonyl (C=O) groups is 1. The minimum atomic E-state index is 0.0412. The van der Waals surface area contributed by atoms with E-state index < -0.39 is 0 Å². The molecular weight excluding hydrogens is 350 g/mol. The van der Waals surface area contributed by atoms with Gasteiger partial charge in [-0.05, 0) is 54.9 Å². The van der Waals surface area contributed by atoms with Crippen molar-refractivity contribution in [1.29, 1.82) is 0 Å². The van der Waals surface area contributed by atoms with Gasteiger partial charge in [-0.3, -0.25) is 4.79 Å². The van der Waals surface area contributed by atoms with Gasteiger partial charge in [0.15, 0.2) is 4.34 Å². The van der Waals surface area contributed by atoms with Crippen LogP contribution in [0.1, 0.15) is 48.0 Å². The number of amides is 1. The molecular formula is C19H27N3OS2. The molecule has 2 rings (SSSR count). The Kier molecular flexibility index (Phi) is 6.63. The zero-order chi connectivity index (χ0) is 18.6. The second-order valence-corrected chi connectivity index (χ2v) is 9.72. The molecule has 0 atom stereocenters. The van der Waals surface area contributed by atoms with Gasteiger partial charge in [0.05, 0.1) is 5.75 Å². The summed E-state index contributed by atoms with van der Waals surface area (Å²) in [5, 5.41) is 11.9. The highest BCUT2D eigenvalue weighted by Crippen LogP contribution is 2.27. The molecule has 1 amide bonds. The Morgan fingerprint density at radius 2 is 1.80 bits per heavy atom. The number of hydrogen-bond donors (Lipinski definition) is 1. The molecule has 1 N–H and O–H groups in total. The van der Waals surface area contributed by atoms with Crippen molar-refractivity contribution in [3.8, 4) is 0 Å². The SMILES string of the molecule is Cc1nnc(SCC(=O)NCCc2c(C)cc(C(C)(C)C)cc2C)s1. The Labute approximate surface area is 158 Å². The maximum absolute atomic E-state index is 12.0. The molecule has 136 valence electrons. The Balaban J connectivity index is 1.86. The zero-order valence-corrected chi connectivity index (χ0v) is 17.5. The van der Waals surface area contributed by atoms with Crippen molar-refractivity contribution < 1.29 is 4.79 Å². The van der Waals surface area contributed by atoms with E-state index in [2.05, 4.69) is 62.3 Å². The highest BCUT2D eigenvalue weighted by Gasteiger charge is 2.16. The lowest BCUT2D eigenvalue weighted by atomic mass is 9.83. The first-order chi connectivity index (χ1) is 11.7. The third kappa shape index (κ3) is 5.82. The lowest BCUT2D eigenvalue weighted by molar-refractivity contribution is -0.118. The molecule has 0 bridgehead atoms. The number of hydrogen-bond acceptors (Lipinski definition) is 5. The van der Waals surface area contributed by atoms with Crippen LogP contribution in [0.5, 0.6) is 0 Å². The normalized spacial score (nSPS) is 11.6. The van der Waals surface area contributed by atoms with E-state index in [1.807, 2.05) is 6.92 Å². The van der Waals surface area contributed by atoms with Crippen molar-refractivity contribution >= 4 is 29.0 Å². The predicted octanol–water partition coefficient (Wildman–Crippen LogP) is 4.21. The lowest BCUT2D eigenvalue weighted by Gasteiger charge is -2.22. The third-order valence-electron chi connectivity index (χ3n) is 4.09. The molecule has 1 heterocycles. The second-order valence-electron chi connectivity index (χ2n) is 7.31. The van der Waals surface area contributed by atoms with Crippen LogP contribution in [0.4, 0.5) is 0 Å². The summed E-state index contributed by atoms with van der Waals surface area (Å²) >= 11 is 2.96. The maximum Gasteiger partial charge on any atom is 0.230 e. The molecule has 0 aliphatic rings. The van der Waals surface area contributed by atoms with Gasteiger partial charge in [0.2, 0.25) is 5.91 Å². The third-order valence-corrected chi connectivity index (χ3v) is 6.07. The molecule has 0 unspecified atom stereocenters. The summed E-state index contributed by atoms with van der Waals surface area (Å²) in [6.07, 6.45) is 0.858. The lowest BCUT2D eigenvalue weighted by Crippen LogP contribution is -2.27. The second kappa shape index (κ2) is 8.32. The molecule has 0 saturated heterocycles.